The zero-order valence-electron chi connectivity index (χ0n) is 19.2. The number of carbonyl (C=O) groups is 3. The third kappa shape index (κ3) is 4.90. The van der Waals surface area contributed by atoms with Gasteiger partial charge in [0.25, 0.3) is 11.7 Å². The van der Waals surface area contributed by atoms with Gasteiger partial charge in [-0.25, -0.2) is 9.07 Å². The number of aryl methyl sites for hydroxylation is 1. The molecule has 4 rings (SSSR count). The molecule has 8 heteroatoms. The molecule has 1 aliphatic rings. The number of anilines is 2. The fourth-order valence-electron chi connectivity index (χ4n) is 4.39. The van der Waals surface area contributed by atoms with Crippen LogP contribution in [-0.4, -0.2) is 27.4 Å². The number of para-hydroxylation sites is 1. The lowest BCUT2D eigenvalue weighted by atomic mass is 9.88. The number of ketones is 1. The minimum absolute atomic E-state index is 0.0231. The SMILES string of the molecule is Cc1nn(-c2ccccc2)c(C)c1C(=O)C(=O)Nc1ccc(F)c(NC(=O)C2CCCCC2)c1. The van der Waals surface area contributed by atoms with Gasteiger partial charge in [0.1, 0.15) is 5.82 Å². The van der Waals surface area contributed by atoms with Gasteiger partial charge in [0.15, 0.2) is 0 Å². The van der Waals surface area contributed by atoms with Crippen LogP contribution >= 0.6 is 0 Å². The van der Waals surface area contributed by atoms with Gasteiger partial charge in [-0.15, -0.1) is 0 Å². The van der Waals surface area contributed by atoms with Gasteiger partial charge >= 0.3 is 0 Å². The molecule has 176 valence electrons. The van der Waals surface area contributed by atoms with Gasteiger partial charge in [-0.3, -0.25) is 14.4 Å². The lowest BCUT2D eigenvalue weighted by Gasteiger charge is -2.21. The number of hydrogen-bond donors (Lipinski definition) is 2. The number of aromatic nitrogens is 2. The van der Waals surface area contributed by atoms with E-state index in [2.05, 4.69) is 15.7 Å². The van der Waals surface area contributed by atoms with Crippen molar-refractivity contribution in [2.75, 3.05) is 10.6 Å². The topological polar surface area (TPSA) is 93.1 Å². The van der Waals surface area contributed by atoms with E-state index in [9.17, 15) is 18.8 Å². The van der Waals surface area contributed by atoms with Crippen LogP contribution in [0.3, 0.4) is 0 Å². The maximum absolute atomic E-state index is 14.3. The number of carbonyl (C=O) groups excluding carboxylic acids is 3. The average Bonchev–Trinajstić information content (AvgIpc) is 3.15. The molecule has 1 aliphatic carbocycles. The summed E-state index contributed by atoms with van der Waals surface area (Å²) in [6.45, 7) is 3.40. The zero-order valence-corrected chi connectivity index (χ0v) is 19.2. The number of benzene rings is 2. The molecule has 0 bridgehead atoms. The Kier molecular flexibility index (Phi) is 6.86. The first kappa shape index (κ1) is 23.4. The van der Waals surface area contributed by atoms with Crippen LogP contribution in [0.4, 0.5) is 15.8 Å². The highest BCUT2D eigenvalue weighted by Crippen LogP contribution is 2.27. The Balaban J connectivity index is 1.50. The number of nitrogens with zero attached hydrogens (tertiary/aromatic N) is 2. The van der Waals surface area contributed by atoms with Crippen molar-refractivity contribution in [1.82, 2.24) is 9.78 Å². The molecular weight excluding hydrogens is 435 g/mol. The Morgan fingerprint density at radius 3 is 2.38 bits per heavy atom. The minimum Gasteiger partial charge on any atom is -0.323 e. The van der Waals surface area contributed by atoms with Crippen molar-refractivity contribution in [1.29, 1.82) is 0 Å². The lowest BCUT2D eigenvalue weighted by molar-refractivity contribution is -0.120. The Bertz CT molecular complexity index is 1230. The first-order valence-corrected chi connectivity index (χ1v) is 11.4. The molecule has 0 spiro atoms. The second-order valence-corrected chi connectivity index (χ2v) is 8.60. The van der Waals surface area contributed by atoms with Crippen LogP contribution in [-0.2, 0) is 9.59 Å². The number of nitrogens with one attached hydrogen (secondary N) is 2. The third-order valence-electron chi connectivity index (χ3n) is 6.18. The number of halogens is 1. The van der Waals surface area contributed by atoms with Crippen LogP contribution in [0.15, 0.2) is 48.5 Å². The summed E-state index contributed by atoms with van der Waals surface area (Å²) in [4.78, 5) is 38.2. The summed E-state index contributed by atoms with van der Waals surface area (Å²) in [6, 6.07) is 13.1. The van der Waals surface area contributed by atoms with E-state index in [-0.39, 0.29) is 28.8 Å². The van der Waals surface area contributed by atoms with Gasteiger partial charge in [-0.05, 0) is 57.0 Å². The monoisotopic (exact) mass is 462 g/mol. The van der Waals surface area contributed by atoms with Gasteiger partial charge in [0, 0.05) is 11.6 Å². The molecule has 1 fully saturated rings. The lowest BCUT2D eigenvalue weighted by Crippen LogP contribution is -2.26. The van der Waals surface area contributed by atoms with E-state index in [1.165, 1.54) is 12.1 Å². The Labute approximate surface area is 197 Å². The summed E-state index contributed by atoms with van der Waals surface area (Å²) < 4.78 is 15.9. The van der Waals surface area contributed by atoms with E-state index in [4.69, 9.17) is 0 Å². The van der Waals surface area contributed by atoms with Crippen molar-refractivity contribution in [2.45, 2.75) is 46.0 Å². The predicted octanol–water partition coefficient (Wildman–Crippen LogP) is 4.97. The van der Waals surface area contributed by atoms with E-state index < -0.39 is 17.5 Å². The summed E-state index contributed by atoms with van der Waals surface area (Å²) >= 11 is 0. The van der Waals surface area contributed by atoms with E-state index >= 15 is 0 Å². The molecule has 2 N–H and O–H groups in total. The number of hydrogen-bond acceptors (Lipinski definition) is 4. The molecule has 0 radical (unpaired) electrons. The average molecular weight is 463 g/mol. The van der Waals surface area contributed by atoms with Gasteiger partial charge in [0.05, 0.1) is 28.3 Å². The van der Waals surface area contributed by atoms with Crippen molar-refractivity contribution in [3.63, 3.8) is 0 Å². The highest BCUT2D eigenvalue weighted by molar-refractivity contribution is 6.47. The molecule has 1 saturated carbocycles. The summed E-state index contributed by atoms with van der Waals surface area (Å²) in [6.07, 6.45) is 4.65. The maximum Gasteiger partial charge on any atom is 0.296 e. The van der Waals surface area contributed by atoms with E-state index in [0.29, 0.717) is 11.4 Å². The molecule has 0 unspecified atom stereocenters. The molecule has 2 aromatic carbocycles. The van der Waals surface area contributed by atoms with Crippen LogP contribution in [0.1, 0.15) is 53.8 Å². The van der Waals surface area contributed by atoms with Gasteiger partial charge in [0.2, 0.25) is 5.91 Å². The molecule has 1 heterocycles. The smallest absolute Gasteiger partial charge is 0.296 e. The molecule has 1 aromatic heterocycles. The Morgan fingerprint density at radius 2 is 1.68 bits per heavy atom. The number of Topliss-reactive ketones (excluding diaryl/α,β-unsaturated/α-hetero) is 1. The van der Waals surface area contributed by atoms with Crippen molar-refractivity contribution < 1.29 is 18.8 Å². The van der Waals surface area contributed by atoms with Gasteiger partial charge < -0.3 is 10.6 Å². The molecule has 0 aliphatic heterocycles. The fraction of sp³-hybridized carbons (Fsp3) is 0.308. The zero-order chi connectivity index (χ0) is 24.2. The van der Waals surface area contributed by atoms with Crippen LogP contribution in [0.25, 0.3) is 5.69 Å². The van der Waals surface area contributed by atoms with Gasteiger partial charge in [-0.2, -0.15) is 5.10 Å². The predicted molar refractivity (Wildman–Crippen MR) is 128 cm³/mol. The van der Waals surface area contributed by atoms with Crippen molar-refractivity contribution in [3.05, 3.63) is 71.3 Å². The minimum atomic E-state index is -0.866. The normalized spacial score (nSPS) is 14.0. The molecule has 0 saturated heterocycles. The summed E-state index contributed by atoms with van der Waals surface area (Å²) in [7, 11) is 0. The van der Waals surface area contributed by atoms with E-state index in [0.717, 1.165) is 43.9 Å². The first-order chi connectivity index (χ1) is 16.3. The van der Waals surface area contributed by atoms with E-state index in [1.807, 2.05) is 30.3 Å². The third-order valence-corrected chi connectivity index (χ3v) is 6.18. The van der Waals surface area contributed by atoms with Crippen molar-refractivity contribution in [2.24, 2.45) is 5.92 Å². The quantitative estimate of drug-likeness (QED) is 0.400. The molecule has 0 atom stereocenters. The standard InChI is InChI=1S/C26H27FN4O3/c1-16-23(17(2)31(30-16)20-11-7-4-8-12-20)24(32)26(34)28-19-13-14-21(27)22(15-19)29-25(33)18-9-5-3-6-10-18/h4,7-8,11-15,18H,3,5-6,9-10H2,1-2H3,(H,28,34)(H,29,33). The van der Waals surface area contributed by atoms with Crippen molar-refractivity contribution >= 4 is 29.0 Å². The first-order valence-electron chi connectivity index (χ1n) is 11.4. The molecular formula is C26H27FN4O3. The largest absolute Gasteiger partial charge is 0.323 e. The molecule has 7 nitrogen and oxygen atoms in total. The summed E-state index contributed by atoms with van der Waals surface area (Å²) in [5.74, 6) is -2.58. The van der Waals surface area contributed by atoms with Gasteiger partial charge in [-0.1, -0.05) is 37.5 Å². The van der Waals surface area contributed by atoms with Crippen LogP contribution in [0, 0.1) is 25.6 Å². The second kappa shape index (κ2) is 9.99. The second-order valence-electron chi connectivity index (χ2n) is 8.60. The number of amides is 2. The van der Waals surface area contributed by atoms with Crippen LogP contribution in [0.5, 0.6) is 0 Å². The van der Waals surface area contributed by atoms with E-state index in [1.54, 1.807) is 18.5 Å². The molecule has 34 heavy (non-hydrogen) atoms. The van der Waals surface area contributed by atoms with Crippen LogP contribution in [0.2, 0.25) is 0 Å². The Hall–Kier alpha value is -3.81. The summed E-state index contributed by atoms with van der Waals surface area (Å²) in [5, 5.41) is 9.56. The maximum atomic E-state index is 14.3. The van der Waals surface area contributed by atoms with Crippen molar-refractivity contribution in [3.8, 4) is 5.69 Å². The number of rotatable bonds is 6. The summed E-state index contributed by atoms with van der Waals surface area (Å²) in [5.41, 5.74) is 2.16. The highest BCUT2D eigenvalue weighted by Gasteiger charge is 2.26. The van der Waals surface area contributed by atoms with Crippen LogP contribution < -0.4 is 10.6 Å². The fourth-order valence-corrected chi connectivity index (χ4v) is 4.39. The highest BCUT2D eigenvalue weighted by atomic mass is 19.1. The Morgan fingerprint density at radius 1 is 0.971 bits per heavy atom. The molecule has 2 amide bonds. The molecule has 3 aromatic rings.